The van der Waals surface area contributed by atoms with Gasteiger partial charge in [0.05, 0.1) is 25.2 Å². The van der Waals surface area contributed by atoms with Gasteiger partial charge in [-0.3, -0.25) is 4.99 Å². The number of nitrogens with zero attached hydrogens (tertiary/aromatic N) is 2. The monoisotopic (exact) mass is 472 g/mol. The van der Waals surface area contributed by atoms with Gasteiger partial charge >= 0.3 is 0 Å². The Morgan fingerprint density at radius 3 is 2.69 bits per heavy atom. The van der Waals surface area contributed by atoms with Gasteiger partial charge in [-0.15, -0.1) is 24.0 Å². The lowest BCUT2D eigenvalue weighted by Gasteiger charge is -2.20. The molecule has 0 bridgehead atoms. The molecule has 1 unspecified atom stereocenters. The van der Waals surface area contributed by atoms with Gasteiger partial charge in [0.1, 0.15) is 0 Å². The molecule has 26 heavy (non-hydrogen) atoms. The average Bonchev–Trinajstić information content (AvgIpc) is 3.15. The first kappa shape index (κ1) is 22.4. The van der Waals surface area contributed by atoms with Crippen molar-refractivity contribution in [1.29, 1.82) is 5.26 Å². The van der Waals surface area contributed by atoms with E-state index in [2.05, 4.69) is 21.7 Å². The van der Waals surface area contributed by atoms with E-state index in [1.165, 1.54) is 12.8 Å². The average molecular weight is 472 g/mol. The largest absolute Gasteiger partial charge is 0.493 e. The summed E-state index contributed by atoms with van der Waals surface area (Å²) < 4.78 is 11.7. The van der Waals surface area contributed by atoms with Crippen molar-refractivity contribution in [2.45, 2.75) is 45.3 Å². The molecular weight excluding hydrogens is 443 g/mol. The molecule has 1 saturated carbocycles. The molecule has 0 amide bonds. The molecule has 1 aromatic carbocycles. The molecule has 7 heteroatoms. The second kappa shape index (κ2) is 11.8. The molecule has 1 aliphatic rings. The number of nitrogens with one attached hydrogen (secondary N) is 2. The number of benzene rings is 1. The minimum atomic E-state index is -0.0726. The van der Waals surface area contributed by atoms with E-state index < -0.39 is 0 Å². The Bertz CT molecular complexity index is 624. The minimum absolute atomic E-state index is 0. The normalized spacial score (nSPS) is 15.5. The highest BCUT2D eigenvalue weighted by molar-refractivity contribution is 14.0. The van der Waals surface area contributed by atoms with E-state index in [9.17, 15) is 0 Å². The first-order valence-corrected chi connectivity index (χ1v) is 8.84. The number of hydrogen-bond donors (Lipinski definition) is 2. The zero-order valence-electron chi connectivity index (χ0n) is 15.7. The maximum absolute atomic E-state index is 8.88. The molecule has 2 N–H and O–H groups in total. The number of para-hydroxylation sites is 1. The lowest BCUT2D eigenvalue weighted by Crippen LogP contribution is -2.38. The Balaban J connectivity index is 0.00000338. The van der Waals surface area contributed by atoms with Gasteiger partial charge in [0.2, 0.25) is 0 Å². The molecule has 0 aliphatic heterocycles. The van der Waals surface area contributed by atoms with Crippen molar-refractivity contribution in [1.82, 2.24) is 10.6 Å². The van der Waals surface area contributed by atoms with Crippen molar-refractivity contribution in [3.8, 4) is 17.6 Å². The van der Waals surface area contributed by atoms with Crippen LogP contribution in [0.25, 0.3) is 0 Å². The Morgan fingerprint density at radius 2 is 2.08 bits per heavy atom. The summed E-state index contributed by atoms with van der Waals surface area (Å²) in [5, 5.41) is 15.3. The predicted molar refractivity (Wildman–Crippen MR) is 114 cm³/mol. The topological polar surface area (TPSA) is 78.7 Å². The van der Waals surface area contributed by atoms with Crippen LogP contribution >= 0.6 is 24.0 Å². The summed E-state index contributed by atoms with van der Waals surface area (Å²) in [5.74, 6) is 2.16. The first-order valence-electron chi connectivity index (χ1n) is 8.84. The third-order valence-electron chi connectivity index (χ3n) is 4.33. The zero-order valence-corrected chi connectivity index (χ0v) is 18.1. The molecule has 0 aromatic heterocycles. The molecule has 2 rings (SSSR count). The smallest absolute Gasteiger partial charge is 0.191 e. The third-order valence-corrected chi connectivity index (χ3v) is 4.33. The Kier molecular flexibility index (Phi) is 10.2. The van der Waals surface area contributed by atoms with Gasteiger partial charge in [-0.05, 0) is 38.7 Å². The molecule has 1 atom stereocenters. The van der Waals surface area contributed by atoms with Crippen molar-refractivity contribution in [2.75, 3.05) is 20.7 Å². The standard InChI is InChI=1S/C19H28N4O2.HI/c1-14(11-20)12-22-19(21-2)23-13-15-7-6-10-17(24-3)18(15)25-16-8-4-5-9-16;/h6-7,10,14,16H,4-5,8-9,12-13H2,1-3H3,(H2,21,22,23);1H. The summed E-state index contributed by atoms with van der Waals surface area (Å²) in [6.07, 6.45) is 4.91. The fourth-order valence-corrected chi connectivity index (χ4v) is 2.86. The summed E-state index contributed by atoms with van der Waals surface area (Å²) in [5.41, 5.74) is 1.03. The van der Waals surface area contributed by atoms with Gasteiger partial charge in [0.25, 0.3) is 0 Å². The first-order chi connectivity index (χ1) is 12.2. The second-order valence-corrected chi connectivity index (χ2v) is 6.31. The second-order valence-electron chi connectivity index (χ2n) is 6.31. The van der Waals surface area contributed by atoms with Crippen LogP contribution in [0, 0.1) is 17.2 Å². The van der Waals surface area contributed by atoms with Gasteiger partial charge in [-0.2, -0.15) is 5.26 Å². The molecule has 6 nitrogen and oxygen atoms in total. The maximum atomic E-state index is 8.88. The van der Waals surface area contributed by atoms with E-state index in [1.54, 1.807) is 14.2 Å². The number of guanidine groups is 1. The fourth-order valence-electron chi connectivity index (χ4n) is 2.86. The molecule has 1 aromatic rings. The molecule has 0 heterocycles. The molecule has 1 aliphatic carbocycles. The molecule has 144 valence electrons. The van der Waals surface area contributed by atoms with Crippen LogP contribution in [0.1, 0.15) is 38.2 Å². The molecule has 0 radical (unpaired) electrons. The highest BCUT2D eigenvalue weighted by Crippen LogP contribution is 2.34. The predicted octanol–water partition coefficient (Wildman–Crippen LogP) is 3.46. The van der Waals surface area contributed by atoms with Crippen molar-refractivity contribution in [3.05, 3.63) is 23.8 Å². The van der Waals surface area contributed by atoms with Crippen LogP contribution in [-0.4, -0.2) is 32.8 Å². The van der Waals surface area contributed by atoms with Crippen LogP contribution in [-0.2, 0) is 6.54 Å². The van der Waals surface area contributed by atoms with Crippen molar-refractivity contribution < 1.29 is 9.47 Å². The van der Waals surface area contributed by atoms with Crippen molar-refractivity contribution in [3.63, 3.8) is 0 Å². The number of halogens is 1. The van der Waals surface area contributed by atoms with Crippen LogP contribution in [0.3, 0.4) is 0 Å². The molecule has 0 saturated heterocycles. The van der Waals surface area contributed by atoms with Gasteiger partial charge in [0.15, 0.2) is 17.5 Å². The Hall–Kier alpha value is -1.69. The lowest BCUT2D eigenvalue weighted by molar-refractivity contribution is 0.198. The number of methoxy groups -OCH3 is 1. The van der Waals surface area contributed by atoms with E-state index in [0.717, 1.165) is 29.9 Å². The van der Waals surface area contributed by atoms with Crippen LogP contribution < -0.4 is 20.1 Å². The summed E-state index contributed by atoms with van der Waals surface area (Å²) in [4.78, 5) is 4.20. The number of hydrogen-bond acceptors (Lipinski definition) is 4. The van der Waals surface area contributed by atoms with Crippen molar-refractivity contribution >= 4 is 29.9 Å². The SMILES string of the molecule is CN=C(NCc1cccc(OC)c1OC1CCCC1)NCC(C)C#N.I. The fraction of sp³-hybridized carbons (Fsp3) is 0.579. The molecule has 1 fully saturated rings. The number of aliphatic imine (C=N–C) groups is 1. The van der Waals surface area contributed by atoms with Gasteiger partial charge < -0.3 is 20.1 Å². The zero-order chi connectivity index (χ0) is 18.1. The maximum Gasteiger partial charge on any atom is 0.191 e. The van der Waals surface area contributed by atoms with E-state index in [-0.39, 0.29) is 36.0 Å². The number of rotatable bonds is 7. The quantitative estimate of drug-likeness (QED) is 0.361. The highest BCUT2D eigenvalue weighted by atomic mass is 127. The van der Waals surface area contributed by atoms with E-state index in [0.29, 0.717) is 19.0 Å². The van der Waals surface area contributed by atoms with Crippen molar-refractivity contribution in [2.24, 2.45) is 10.9 Å². The molecular formula is C19H29IN4O2. The summed E-state index contributed by atoms with van der Waals surface area (Å²) >= 11 is 0. The van der Waals surface area contributed by atoms with Gasteiger partial charge in [-0.1, -0.05) is 12.1 Å². The van der Waals surface area contributed by atoms with Gasteiger partial charge in [-0.25, -0.2) is 0 Å². The van der Waals surface area contributed by atoms with E-state index in [4.69, 9.17) is 14.7 Å². The number of ether oxygens (including phenoxy) is 2. The summed E-state index contributed by atoms with van der Waals surface area (Å²) in [7, 11) is 3.38. The van der Waals surface area contributed by atoms with Crippen LogP contribution in [0.2, 0.25) is 0 Å². The third kappa shape index (κ3) is 6.56. The Morgan fingerprint density at radius 1 is 1.35 bits per heavy atom. The summed E-state index contributed by atoms with van der Waals surface area (Å²) in [6, 6.07) is 8.12. The van der Waals surface area contributed by atoms with Crippen LogP contribution in [0.5, 0.6) is 11.5 Å². The number of nitriles is 1. The lowest BCUT2D eigenvalue weighted by atomic mass is 10.1. The minimum Gasteiger partial charge on any atom is -0.493 e. The van der Waals surface area contributed by atoms with Crippen LogP contribution in [0.4, 0.5) is 0 Å². The highest BCUT2D eigenvalue weighted by Gasteiger charge is 2.20. The van der Waals surface area contributed by atoms with Gasteiger partial charge in [0, 0.05) is 25.7 Å². The van der Waals surface area contributed by atoms with E-state index in [1.807, 2.05) is 25.1 Å². The molecule has 0 spiro atoms. The van der Waals surface area contributed by atoms with Crippen LogP contribution in [0.15, 0.2) is 23.2 Å². The van der Waals surface area contributed by atoms with E-state index >= 15 is 0 Å². The Labute approximate surface area is 173 Å². The summed E-state index contributed by atoms with van der Waals surface area (Å²) in [6.45, 7) is 3.00.